The molecule has 14 heavy (non-hydrogen) atoms. The molecular weight excluding hydrogens is 192 g/mol. The van der Waals surface area contributed by atoms with Crippen LogP contribution in [0.15, 0.2) is 24.3 Å². The Morgan fingerprint density at radius 2 is 2.14 bits per heavy atom. The number of nitrogens with one attached hydrogen (secondary N) is 1. The lowest BCUT2D eigenvalue weighted by Gasteiger charge is -2.27. The Kier molecular flexibility index (Phi) is 2.87. The molecule has 0 aliphatic carbocycles. The van der Waals surface area contributed by atoms with E-state index in [0.29, 0.717) is 6.04 Å². The zero-order valence-electron chi connectivity index (χ0n) is 8.66. The zero-order valence-corrected chi connectivity index (χ0v) is 9.47. The summed E-state index contributed by atoms with van der Waals surface area (Å²) in [6.45, 7) is 0. The largest absolute Gasteiger partial charge is 0.381 e. The Labute approximate surface area is 89.7 Å². The molecule has 0 unspecified atom stereocenters. The van der Waals surface area contributed by atoms with E-state index < -0.39 is 0 Å². The van der Waals surface area contributed by atoms with Gasteiger partial charge in [0.05, 0.1) is 0 Å². The average Bonchev–Trinajstić information content (AvgIpc) is 2.12. The maximum Gasteiger partial charge on any atom is 0.0442 e. The minimum absolute atomic E-state index is 0.678. The lowest BCUT2D eigenvalue weighted by atomic mass is 10.2. The molecule has 1 aromatic rings. The molecule has 1 aliphatic heterocycles. The lowest BCUT2D eigenvalue weighted by Crippen LogP contribution is -2.33. The minimum Gasteiger partial charge on any atom is -0.381 e. The normalized spacial score (nSPS) is 16.1. The Morgan fingerprint density at radius 3 is 2.71 bits per heavy atom. The third-order valence-corrected chi connectivity index (χ3v) is 3.65. The van der Waals surface area contributed by atoms with Crippen molar-refractivity contribution < 1.29 is 0 Å². The quantitative estimate of drug-likeness (QED) is 0.820. The molecule has 1 fully saturated rings. The summed E-state index contributed by atoms with van der Waals surface area (Å²) >= 11 is 2.00. The number of hydrogen-bond donors (Lipinski definition) is 1. The van der Waals surface area contributed by atoms with Crippen LogP contribution in [0.25, 0.3) is 0 Å². The van der Waals surface area contributed by atoms with E-state index in [1.807, 2.05) is 11.8 Å². The van der Waals surface area contributed by atoms with Crippen molar-refractivity contribution in [1.29, 1.82) is 0 Å². The van der Waals surface area contributed by atoms with Crippen molar-refractivity contribution in [1.82, 2.24) is 0 Å². The first-order valence-corrected chi connectivity index (χ1v) is 6.03. The van der Waals surface area contributed by atoms with Gasteiger partial charge in [-0.1, -0.05) is 6.07 Å². The van der Waals surface area contributed by atoms with Crippen LogP contribution in [-0.4, -0.2) is 31.6 Å². The molecule has 1 aromatic carbocycles. The molecule has 1 saturated heterocycles. The highest BCUT2D eigenvalue weighted by Gasteiger charge is 2.17. The van der Waals surface area contributed by atoms with Gasteiger partial charge in [0.25, 0.3) is 0 Å². The highest BCUT2D eigenvalue weighted by Crippen LogP contribution is 2.24. The van der Waals surface area contributed by atoms with Crippen LogP contribution in [0.4, 0.5) is 11.4 Å². The summed E-state index contributed by atoms with van der Waals surface area (Å²) in [6.07, 6.45) is 0. The molecule has 76 valence electrons. The van der Waals surface area contributed by atoms with Crippen LogP contribution in [0.2, 0.25) is 0 Å². The SMILES string of the molecule is CN(C)c1cccc(NC2CSC2)c1. The van der Waals surface area contributed by atoms with Gasteiger partial charge < -0.3 is 10.2 Å². The maximum atomic E-state index is 3.53. The second-order valence-corrected chi connectivity index (χ2v) is 4.90. The molecule has 2 rings (SSSR count). The van der Waals surface area contributed by atoms with Gasteiger partial charge in [-0.25, -0.2) is 0 Å². The fourth-order valence-corrected chi connectivity index (χ4v) is 2.07. The van der Waals surface area contributed by atoms with E-state index in [9.17, 15) is 0 Å². The van der Waals surface area contributed by atoms with Crippen LogP contribution in [0.1, 0.15) is 0 Å². The fourth-order valence-electron chi connectivity index (χ4n) is 1.43. The van der Waals surface area contributed by atoms with Crippen LogP contribution >= 0.6 is 11.8 Å². The van der Waals surface area contributed by atoms with Crippen molar-refractivity contribution in [2.24, 2.45) is 0 Å². The molecule has 0 atom stereocenters. The number of anilines is 2. The molecule has 0 saturated carbocycles. The number of thioether (sulfide) groups is 1. The second kappa shape index (κ2) is 4.13. The van der Waals surface area contributed by atoms with E-state index in [1.54, 1.807) is 0 Å². The molecule has 1 heterocycles. The second-order valence-electron chi connectivity index (χ2n) is 3.82. The molecule has 2 nitrogen and oxygen atoms in total. The van der Waals surface area contributed by atoms with Gasteiger partial charge in [-0.2, -0.15) is 11.8 Å². The van der Waals surface area contributed by atoms with Gasteiger partial charge in [0.2, 0.25) is 0 Å². The Bertz CT molecular complexity index is 308. The number of rotatable bonds is 3. The van der Waals surface area contributed by atoms with Crippen LogP contribution in [0.5, 0.6) is 0 Å². The van der Waals surface area contributed by atoms with Gasteiger partial charge >= 0.3 is 0 Å². The topological polar surface area (TPSA) is 15.3 Å². The van der Waals surface area contributed by atoms with Crippen molar-refractivity contribution >= 4 is 23.1 Å². The third-order valence-electron chi connectivity index (χ3n) is 2.37. The molecule has 1 aliphatic rings. The Balaban J connectivity index is 2.05. The van der Waals surface area contributed by atoms with Crippen molar-refractivity contribution in [2.45, 2.75) is 6.04 Å². The highest BCUT2D eigenvalue weighted by atomic mass is 32.2. The van der Waals surface area contributed by atoms with Crippen molar-refractivity contribution in [2.75, 3.05) is 35.8 Å². The van der Waals surface area contributed by atoms with Crippen LogP contribution in [0.3, 0.4) is 0 Å². The summed E-state index contributed by atoms with van der Waals surface area (Å²) in [5.41, 5.74) is 2.49. The monoisotopic (exact) mass is 208 g/mol. The van der Waals surface area contributed by atoms with Gasteiger partial charge in [0, 0.05) is 43.0 Å². The summed E-state index contributed by atoms with van der Waals surface area (Å²) in [6, 6.07) is 9.24. The van der Waals surface area contributed by atoms with Crippen molar-refractivity contribution in [3.8, 4) is 0 Å². The molecule has 1 N–H and O–H groups in total. The molecule has 0 bridgehead atoms. The maximum absolute atomic E-state index is 3.53. The minimum atomic E-state index is 0.678. The van der Waals surface area contributed by atoms with E-state index in [2.05, 4.69) is 48.6 Å². The first-order valence-electron chi connectivity index (χ1n) is 4.87. The number of benzene rings is 1. The highest BCUT2D eigenvalue weighted by molar-refractivity contribution is 8.00. The summed E-state index contributed by atoms with van der Waals surface area (Å²) in [5, 5.41) is 3.53. The van der Waals surface area contributed by atoms with Crippen LogP contribution < -0.4 is 10.2 Å². The van der Waals surface area contributed by atoms with Crippen molar-refractivity contribution in [3.05, 3.63) is 24.3 Å². The van der Waals surface area contributed by atoms with Gasteiger partial charge in [-0.15, -0.1) is 0 Å². The summed E-state index contributed by atoms with van der Waals surface area (Å²) in [7, 11) is 4.14. The smallest absolute Gasteiger partial charge is 0.0442 e. The van der Waals surface area contributed by atoms with E-state index >= 15 is 0 Å². The van der Waals surface area contributed by atoms with E-state index in [4.69, 9.17) is 0 Å². The van der Waals surface area contributed by atoms with Gasteiger partial charge in [0.1, 0.15) is 0 Å². The van der Waals surface area contributed by atoms with Gasteiger partial charge in [-0.05, 0) is 18.2 Å². The molecule has 0 amide bonds. The van der Waals surface area contributed by atoms with Gasteiger partial charge in [0.15, 0.2) is 0 Å². The van der Waals surface area contributed by atoms with Gasteiger partial charge in [-0.3, -0.25) is 0 Å². The average molecular weight is 208 g/mol. The molecule has 0 radical (unpaired) electrons. The number of nitrogens with zero attached hydrogens (tertiary/aromatic N) is 1. The predicted octanol–water partition coefficient (Wildman–Crippen LogP) is 2.28. The van der Waals surface area contributed by atoms with E-state index in [1.165, 1.54) is 22.9 Å². The molecule has 3 heteroatoms. The predicted molar refractivity (Wildman–Crippen MR) is 65.5 cm³/mol. The Hall–Kier alpha value is -0.830. The van der Waals surface area contributed by atoms with Crippen LogP contribution in [-0.2, 0) is 0 Å². The number of hydrogen-bond acceptors (Lipinski definition) is 3. The van der Waals surface area contributed by atoms with Crippen LogP contribution in [0, 0.1) is 0 Å². The first-order chi connectivity index (χ1) is 6.75. The Morgan fingerprint density at radius 1 is 1.36 bits per heavy atom. The summed E-state index contributed by atoms with van der Waals surface area (Å²) in [5.74, 6) is 2.48. The molecule has 0 spiro atoms. The summed E-state index contributed by atoms with van der Waals surface area (Å²) in [4.78, 5) is 2.13. The first kappa shape index (κ1) is 9.71. The van der Waals surface area contributed by atoms with Crippen molar-refractivity contribution in [3.63, 3.8) is 0 Å². The molecule has 0 aromatic heterocycles. The zero-order chi connectivity index (χ0) is 9.97. The fraction of sp³-hybridized carbons (Fsp3) is 0.455. The standard InChI is InChI=1S/C11H16N2S/c1-13(2)11-5-3-4-9(6-11)12-10-7-14-8-10/h3-6,10,12H,7-8H2,1-2H3. The third kappa shape index (κ3) is 2.15. The molecular formula is C11H16N2S. The lowest BCUT2D eigenvalue weighted by molar-refractivity contribution is 0.882. The summed E-state index contributed by atoms with van der Waals surface area (Å²) < 4.78 is 0. The van der Waals surface area contributed by atoms with E-state index in [-0.39, 0.29) is 0 Å². The van der Waals surface area contributed by atoms with E-state index in [0.717, 1.165) is 0 Å².